The van der Waals surface area contributed by atoms with Gasteiger partial charge < -0.3 is 60.5 Å². The number of esters is 2. The van der Waals surface area contributed by atoms with Crippen LogP contribution in [0.5, 0.6) is 0 Å². The van der Waals surface area contributed by atoms with Crippen LogP contribution in [0, 0.1) is 0 Å². The molecular formula is C67H80ClN5O15S. The highest BCUT2D eigenvalue weighted by atomic mass is 35.5. The molecule has 20 nitrogen and oxygen atoms in total. The molecule has 0 aromatic heterocycles. The average Bonchev–Trinajstić information content (AvgIpc) is 2.39. The van der Waals surface area contributed by atoms with Crippen molar-refractivity contribution in [2.75, 3.05) is 19.8 Å². The zero-order chi connectivity index (χ0) is 63.3. The van der Waals surface area contributed by atoms with E-state index < -0.39 is 77.7 Å². The molecule has 8 rings (SSSR count). The van der Waals surface area contributed by atoms with E-state index in [0.717, 1.165) is 55.6 Å². The van der Waals surface area contributed by atoms with Crippen molar-refractivity contribution < 1.29 is 71.9 Å². The Hall–Kier alpha value is -8.92. The van der Waals surface area contributed by atoms with Gasteiger partial charge in [-0.2, -0.15) is 13.5 Å². The van der Waals surface area contributed by atoms with Gasteiger partial charge in [-0.15, -0.1) is 12.4 Å². The summed E-state index contributed by atoms with van der Waals surface area (Å²) in [5.41, 5.74) is 14.8. The summed E-state index contributed by atoms with van der Waals surface area (Å²) in [5, 5.41) is 18.2. The second kappa shape index (κ2) is 34.6. The molecule has 2 aliphatic rings. The largest absolute Gasteiger partial charge is 0.480 e. The molecule has 0 unspecified atom stereocenters. The van der Waals surface area contributed by atoms with Gasteiger partial charge in [-0.1, -0.05) is 158 Å². The van der Waals surface area contributed by atoms with Crippen LogP contribution < -0.4 is 27.0 Å². The van der Waals surface area contributed by atoms with E-state index in [1.54, 1.807) is 41.5 Å². The number of alkyl carbamates (subject to hydrolysis) is 4. The number of ketones is 1. The number of amides is 4. The molecule has 476 valence electrons. The van der Waals surface area contributed by atoms with E-state index in [9.17, 15) is 38.4 Å². The lowest BCUT2D eigenvalue weighted by Crippen LogP contribution is -2.47. The number of aliphatic carboxylic acids is 1. The Kier molecular flexibility index (Phi) is 28.2. The smallest absolute Gasteiger partial charge is 0.408 e. The van der Waals surface area contributed by atoms with Gasteiger partial charge in [0.05, 0.1) is 6.04 Å². The summed E-state index contributed by atoms with van der Waals surface area (Å²) < 4.78 is 31.9. The Morgan fingerprint density at radius 3 is 1.13 bits per heavy atom. The van der Waals surface area contributed by atoms with Crippen molar-refractivity contribution in [3.05, 3.63) is 191 Å². The number of nitrogens with two attached hydrogens (primary N) is 1. The summed E-state index contributed by atoms with van der Waals surface area (Å²) in [6.45, 7) is 13.5. The minimum atomic E-state index is -1.14. The fraction of sp³-hybridized carbons (Fsp3) is 0.343. The predicted octanol–water partition coefficient (Wildman–Crippen LogP) is 11.0. The molecule has 2 aliphatic carbocycles. The van der Waals surface area contributed by atoms with Crippen LogP contribution >= 0.6 is 25.9 Å². The Morgan fingerprint density at radius 2 is 0.787 bits per heavy atom. The molecule has 6 aromatic carbocycles. The Bertz CT molecular complexity index is 3250. The molecule has 0 radical (unpaired) electrons. The molecule has 89 heavy (non-hydrogen) atoms. The van der Waals surface area contributed by atoms with Gasteiger partial charge in [-0.3, -0.25) is 9.59 Å². The van der Waals surface area contributed by atoms with Crippen molar-refractivity contribution in [2.45, 2.75) is 129 Å². The van der Waals surface area contributed by atoms with Crippen LogP contribution in [0.2, 0.25) is 0 Å². The fourth-order valence-corrected chi connectivity index (χ4v) is 9.30. The molecule has 7 N–H and O–H groups in total. The van der Waals surface area contributed by atoms with Gasteiger partial charge in [0.25, 0.3) is 0 Å². The van der Waals surface area contributed by atoms with E-state index in [2.05, 4.69) is 33.4 Å². The number of hydrogen-bond donors (Lipinski definition) is 6. The van der Waals surface area contributed by atoms with E-state index in [1.807, 2.05) is 146 Å². The van der Waals surface area contributed by atoms with Gasteiger partial charge in [0.15, 0.2) is 5.78 Å². The quantitative estimate of drug-likeness (QED) is 0.0306. The van der Waals surface area contributed by atoms with E-state index in [4.69, 9.17) is 39.3 Å². The highest BCUT2D eigenvalue weighted by molar-refractivity contribution is 7.59. The lowest BCUT2D eigenvalue weighted by molar-refractivity contribution is -0.148. The van der Waals surface area contributed by atoms with Gasteiger partial charge >= 0.3 is 42.3 Å². The van der Waals surface area contributed by atoms with Gasteiger partial charge in [0.2, 0.25) is 0 Å². The molecule has 22 heteroatoms. The zero-order valence-electron chi connectivity index (χ0n) is 51.1. The minimum absolute atomic E-state index is 0. The number of Topliss-reactive ketones (excluding diaryl/α,β-unsaturated/α-hetero) is 1. The van der Waals surface area contributed by atoms with Crippen molar-refractivity contribution in [3.8, 4) is 22.3 Å². The zero-order valence-corrected chi connectivity index (χ0v) is 52.9. The van der Waals surface area contributed by atoms with Gasteiger partial charge in [-0.25, -0.2) is 28.8 Å². The highest BCUT2D eigenvalue weighted by Crippen LogP contribution is 2.45. The number of nitrogens with one attached hydrogen (secondary N) is 4. The van der Waals surface area contributed by atoms with Gasteiger partial charge in [0, 0.05) is 24.8 Å². The topological polar surface area (TPSA) is 286 Å². The molecule has 0 saturated heterocycles. The molecule has 0 heterocycles. The maximum atomic E-state index is 13.1. The van der Waals surface area contributed by atoms with Crippen molar-refractivity contribution in [1.82, 2.24) is 21.3 Å². The summed E-state index contributed by atoms with van der Waals surface area (Å²) in [6.07, 6.45) is -3.08. The highest BCUT2D eigenvalue weighted by Gasteiger charge is 2.33. The van der Waals surface area contributed by atoms with Crippen molar-refractivity contribution >= 4 is 74.0 Å². The number of carbonyl (C=O) groups excluding carboxylic acids is 7. The number of rotatable bonds is 20. The normalized spacial score (nSPS) is 13.0. The Morgan fingerprint density at radius 1 is 0.461 bits per heavy atom. The van der Waals surface area contributed by atoms with E-state index in [0.29, 0.717) is 0 Å². The summed E-state index contributed by atoms with van der Waals surface area (Å²) in [5.74, 6) is -2.92. The van der Waals surface area contributed by atoms with Crippen molar-refractivity contribution in [3.63, 3.8) is 0 Å². The number of ether oxygens (including phenoxy) is 6. The van der Waals surface area contributed by atoms with Crippen LogP contribution in [-0.4, -0.2) is 108 Å². The Labute approximate surface area is 532 Å². The first-order valence-electron chi connectivity index (χ1n) is 28.5. The van der Waals surface area contributed by atoms with Crippen LogP contribution in [-0.2, 0) is 60.8 Å². The van der Waals surface area contributed by atoms with E-state index in [-0.39, 0.29) is 89.3 Å². The van der Waals surface area contributed by atoms with Crippen LogP contribution in [0.3, 0.4) is 0 Å². The molecule has 0 bridgehead atoms. The number of carboxylic acid groups (broad SMARTS) is 1. The molecule has 6 aromatic rings. The van der Waals surface area contributed by atoms with E-state index in [1.165, 1.54) is 13.8 Å². The summed E-state index contributed by atoms with van der Waals surface area (Å²) in [7, 11) is 0. The summed E-state index contributed by atoms with van der Waals surface area (Å²) in [4.78, 5) is 96.9. The number of fused-ring (bicyclic) bond motifs is 6. The molecule has 0 aliphatic heterocycles. The second-order valence-electron chi connectivity index (χ2n) is 22.5. The molecule has 0 fully saturated rings. The molecular weight excluding hydrogens is 1180 g/mol. The monoisotopic (exact) mass is 1260 g/mol. The first-order valence-corrected chi connectivity index (χ1v) is 28.5. The third-order valence-corrected chi connectivity index (χ3v) is 13.5. The third-order valence-electron chi connectivity index (χ3n) is 13.5. The van der Waals surface area contributed by atoms with Gasteiger partial charge in [0.1, 0.15) is 55.8 Å². The SMILES string of the molecule is C[C@H](NC(=O)OC(C)(C)C)C(=O)CC[C@H](NC(=O)OCC1c2ccccc2-c2ccccc21)C(=O)OCc1ccccc1.C[C@H](NC(=O)OC(C)(C)C)C(=O)O.Cl.NC[C@H](NC(=O)OCC1c2ccccc2-c2ccccc21)C(=O)OCc1ccccc1.S. The maximum Gasteiger partial charge on any atom is 0.408 e. The first-order chi connectivity index (χ1) is 41.4. The number of halogens is 1. The maximum absolute atomic E-state index is 13.1. The molecule has 0 spiro atoms. The lowest BCUT2D eigenvalue weighted by atomic mass is 9.98. The second-order valence-corrected chi connectivity index (χ2v) is 22.5. The first kappa shape index (κ1) is 72.6. The van der Waals surface area contributed by atoms with Crippen LogP contribution in [0.25, 0.3) is 22.3 Å². The standard InChI is InChI=1S/C34H38N2O7.C25H24N2O4.C8H15NO4.ClH.H2S/c1-22(35-33(40)43-34(2,3)4)30(37)19-18-29(31(38)41-20-23-12-6-5-7-13-23)36-32(39)42-21-28-26-16-10-8-14-24(26)25-15-9-11-17-27(25)28;26-14-23(24(28)30-15-17-8-2-1-3-9-17)27-25(29)31-16-22-20-12-6-4-10-18(20)19-11-5-7-13-21(19)22;1-5(6(10)11)9-7(12)13-8(2,3)4;;/h5-17,22,28-29H,18-21H2,1-4H3,(H,35,40)(H,36,39);1-13,22-23H,14-16,26H2,(H,27,29);5H,1-4H3,(H,9,12)(H,10,11);1H;1H2/t22-,29-;23-;5-;;/m000../s1. The predicted molar refractivity (Wildman–Crippen MR) is 343 cm³/mol. The number of hydrogen-bond acceptors (Lipinski definition) is 15. The van der Waals surface area contributed by atoms with Crippen LogP contribution in [0.15, 0.2) is 158 Å². The fourth-order valence-electron chi connectivity index (χ4n) is 9.30. The van der Waals surface area contributed by atoms with Crippen LogP contribution in [0.1, 0.15) is 113 Å². The minimum Gasteiger partial charge on any atom is -0.480 e. The molecule has 0 saturated carbocycles. The summed E-state index contributed by atoms with van der Waals surface area (Å²) >= 11 is 0. The number of benzene rings is 6. The van der Waals surface area contributed by atoms with Crippen molar-refractivity contribution in [1.29, 1.82) is 0 Å². The van der Waals surface area contributed by atoms with Crippen molar-refractivity contribution in [2.24, 2.45) is 5.73 Å². The molecule has 4 atom stereocenters. The summed E-state index contributed by atoms with van der Waals surface area (Å²) in [6, 6.07) is 46.7. The third kappa shape index (κ3) is 22.6. The Balaban J connectivity index is 0.000000321. The van der Waals surface area contributed by atoms with Crippen LogP contribution in [0.4, 0.5) is 19.2 Å². The molecule has 4 amide bonds. The average molecular weight is 1260 g/mol. The number of carbonyl (C=O) groups is 8. The lowest BCUT2D eigenvalue weighted by Gasteiger charge is -2.22. The number of carboxylic acids is 1. The van der Waals surface area contributed by atoms with E-state index >= 15 is 0 Å². The van der Waals surface area contributed by atoms with Gasteiger partial charge in [-0.05, 0) is 117 Å².